The number of nitrogens with two attached hydrogens (primary N) is 1. The fourth-order valence-corrected chi connectivity index (χ4v) is 3.95. The molecule has 114 valence electrons. The Morgan fingerprint density at radius 1 is 1.05 bits per heavy atom. The van der Waals surface area contributed by atoms with Crippen molar-refractivity contribution in [2.45, 2.75) is 17.7 Å². The predicted octanol–water partition coefficient (Wildman–Crippen LogP) is 0.512. The fourth-order valence-electron chi connectivity index (χ4n) is 2.53. The molecule has 1 saturated carbocycles. The zero-order chi connectivity index (χ0) is 15.0. The second-order valence-corrected chi connectivity index (χ2v) is 7.51. The molecule has 1 saturated heterocycles. The van der Waals surface area contributed by atoms with E-state index in [0.29, 0.717) is 31.9 Å². The summed E-state index contributed by atoms with van der Waals surface area (Å²) < 4.78 is 26.4. The van der Waals surface area contributed by atoms with E-state index in [0.717, 1.165) is 12.8 Å². The molecule has 0 bridgehead atoms. The summed E-state index contributed by atoms with van der Waals surface area (Å²) in [5, 5.41) is 0. The van der Waals surface area contributed by atoms with Gasteiger partial charge in [-0.1, -0.05) is 0 Å². The summed E-state index contributed by atoms with van der Waals surface area (Å²) in [7, 11) is -3.49. The summed E-state index contributed by atoms with van der Waals surface area (Å²) in [6.07, 6.45) is 1.95. The van der Waals surface area contributed by atoms with E-state index in [1.807, 2.05) is 0 Å². The van der Waals surface area contributed by atoms with Crippen LogP contribution in [0.3, 0.4) is 0 Å². The number of nitrogens with zero attached hydrogens (tertiary/aromatic N) is 2. The molecule has 21 heavy (non-hydrogen) atoms. The molecule has 0 spiro atoms. The lowest BCUT2D eigenvalue weighted by molar-refractivity contribution is -0.133. The Hall–Kier alpha value is -1.60. The number of benzene rings is 1. The van der Waals surface area contributed by atoms with Crippen LogP contribution in [0.5, 0.6) is 0 Å². The first-order valence-corrected chi connectivity index (χ1v) is 8.57. The number of amides is 1. The van der Waals surface area contributed by atoms with Crippen LogP contribution in [-0.2, 0) is 14.8 Å². The Kier molecular flexibility index (Phi) is 3.62. The average molecular weight is 309 g/mol. The van der Waals surface area contributed by atoms with Gasteiger partial charge < -0.3 is 10.6 Å². The van der Waals surface area contributed by atoms with E-state index < -0.39 is 10.0 Å². The molecule has 6 nitrogen and oxygen atoms in total. The van der Waals surface area contributed by atoms with Crippen LogP contribution in [-0.4, -0.2) is 49.7 Å². The van der Waals surface area contributed by atoms with Crippen LogP contribution >= 0.6 is 0 Å². The lowest BCUT2D eigenvalue weighted by Crippen LogP contribution is -2.50. The van der Waals surface area contributed by atoms with Gasteiger partial charge in [0.15, 0.2) is 0 Å². The van der Waals surface area contributed by atoms with Gasteiger partial charge in [0.25, 0.3) is 0 Å². The maximum absolute atomic E-state index is 12.5. The molecule has 0 radical (unpaired) electrons. The molecule has 0 unspecified atom stereocenters. The van der Waals surface area contributed by atoms with Crippen LogP contribution in [0.4, 0.5) is 5.69 Å². The maximum Gasteiger partial charge on any atom is 0.243 e. The second kappa shape index (κ2) is 5.31. The molecule has 1 amide bonds. The van der Waals surface area contributed by atoms with Gasteiger partial charge >= 0.3 is 0 Å². The Balaban J connectivity index is 1.68. The van der Waals surface area contributed by atoms with Crippen molar-refractivity contribution in [3.05, 3.63) is 24.3 Å². The molecule has 7 heteroatoms. The summed E-state index contributed by atoms with van der Waals surface area (Å²) in [4.78, 5) is 14.0. The fraction of sp³-hybridized carbons (Fsp3) is 0.500. The molecule has 1 heterocycles. The van der Waals surface area contributed by atoms with Crippen molar-refractivity contribution in [2.24, 2.45) is 5.92 Å². The Morgan fingerprint density at radius 2 is 1.62 bits per heavy atom. The van der Waals surface area contributed by atoms with Gasteiger partial charge in [-0.15, -0.1) is 0 Å². The van der Waals surface area contributed by atoms with E-state index in [-0.39, 0.29) is 16.7 Å². The number of carbonyl (C=O) groups is 1. The van der Waals surface area contributed by atoms with Crippen LogP contribution < -0.4 is 5.73 Å². The number of piperazine rings is 1. The molecule has 1 aromatic carbocycles. The largest absolute Gasteiger partial charge is 0.399 e. The average Bonchev–Trinajstić information content (AvgIpc) is 3.32. The predicted molar refractivity (Wildman–Crippen MR) is 78.9 cm³/mol. The quantitative estimate of drug-likeness (QED) is 0.825. The van der Waals surface area contributed by atoms with Gasteiger partial charge in [0.2, 0.25) is 15.9 Å². The minimum Gasteiger partial charge on any atom is -0.399 e. The number of hydrogen-bond acceptors (Lipinski definition) is 4. The van der Waals surface area contributed by atoms with Gasteiger partial charge in [0.05, 0.1) is 4.90 Å². The molecule has 1 aliphatic carbocycles. The van der Waals surface area contributed by atoms with Crippen molar-refractivity contribution in [3.63, 3.8) is 0 Å². The number of carbonyl (C=O) groups excluding carboxylic acids is 1. The molecule has 2 fully saturated rings. The zero-order valence-corrected chi connectivity index (χ0v) is 12.6. The molecular formula is C14H19N3O3S. The summed E-state index contributed by atoms with van der Waals surface area (Å²) in [5.41, 5.74) is 6.12. The number of hydrogen-bond donors (Lipinski definition) is 1. The number of nitrogen functional groups attached to an aromatic ring is 1. The summed E-state index contributed by atoms with van der Waals surface area (Å²) in [6, 6.07) is 6.21. The maximum atomic E-state index is 12.5. The normalized spacial score (nSPS) is 20.5. The van der Waals surface area contributed by atoms with Crippen LogP contribution in [0, 0.1) is 5.92 Å². The Morgan fingerprint density at radius 3 is 2.14 bits per heavy atom. The van der Waals surface area contributed by atoms with Gasteiger partial charge in [-0.3, -0.25) is 4.79 Å². The highest BCUT2D eigenvalue weighted by molar-refractivity contribution is 7.89. The third kappa shape index (κ3) is 2.89. The van der Waals surface area contributed by atoms with E-state index in [1.54, 1.807) is 17.0 Å². The highest BCUT2D eigenvalue weighted by atomic mass is 32.2. The van der Waals surface area contributed by atoms with Crippen molar-refractivity contribution >= 4 is 21.6 Å². The lowest BCUT2D eigenvalue weighted by atomic mass is 10.3. The number of sulfonamides is 1. The first-order chi connectivity index (χ1) is 9.98. The molecule has 1 aliphatic heterocycles. The van der Waals surface area contributed by atoms with E-state index >= 15 is 0 Å². The molecule has 0 atom stereocenters. The van der Waals surface area contributed by atoms with Gasteiger partial charge in [-0.2, -0.15) is 4.31 Å². The van der Waals surface area contributed by atoms with Crippen LogP contribution in [0.1, 0.15) is 12.8 Å². The molecule has 3 rings (SSSR count). The molecule has 2 N–H and O–H groups in total. The highest BCUT2D eigenvalue weighted by Crippen LogP contribution is 2.31. The van der Waals surface area contributed by atoms with Gasteiger partial charge in [-0.25, -0.2) is 8.42 Å². The van der Waals surface area contributed by atoms with Crippen LogP contribution in [0.25, 0.3) is 0 Å². The van der Waals surface area contributed by atoms with Crippen molar-refractivity contribution in [2.75, 3.05) is 31.9 Å². The minimum atomic E-state index is -3.49. The summed E-state index contributed by atoms with van der Waals surface area (Å²) in [5.74, 6) is 0.366. The Labute approximate surface area is 124 Å². The SMILES string of the molecule is Nc1ccc(S(=O)(=O)N2CCN(C(=O)C3CC3)CC2)cc1. The molecular weight excluding hydrogens is 290 g/mol. The molecule has 1 aromatic rings. The highest BCUT2D eigenvalue weighted by Gasteiger charge is 2.36. The van der Waals surface area contributed by atoms with Gasteiger partial charge in [-0.05, 0) is 37.1 Å². The standard InChI is InChI=1S/C14H19N3O3S/c15-12-3-5-13(6-4-12)21(19,20)17-9-7-16(8-10-17)14(18)11-1-2-11/h3-6,11H,1-2,7-10,15H2. The number of anilines is 1. The third-order valence-corrected chi connectivity index (χ3v) is 5.91. The smallest absolute Gasteiger partial charge is 0.243 e. The van der Waals surface area contributed by atoms with E-state index in [1.165, 1.54) is 16.4 Å². The Bertz CT molecular complexity index is 630. The van der Waals surface area contributed by atoms with Crippen molar-refractivity contribution in [1.29, 1.82) is 0 Å². The lowest BCUT2D eigenvalue weighted by Gasteiger charge is -2.34. The van der Waals surface area contributed by atoms with E-state index in [4.69, 9.17) is 5.73 Å². The first kappa shape index (κ1) is 14.3. The zero-order valence-electron chi connectivity index (χ0n) is 11.7. The summed E-state index contributed by atoms with van der Waals surface area (Å²) >= 11 is 0. The van der Waals surface area contributed by atoms with Gasteiger partial charge in [0.1, 0.15) is 0 Å². The monoisotopic (exact) mass is 309 g/mol. The topological polar surface area (TPSA) is 83.7 Å². The summed E-state index contributed by atoms with van der Waals surface area (Å²) in [6.45, 7) is 1.66. The van der Waals surface area contributed by atoms with Crippen molar-refractivity contribution < 1.29 is 13.2 Å². The van der Waals surface area contributed by atoms with Crippen LogP contribution in [0.2, 0.25) is 0 Å². The van der Waals surface area contributed by atoms with Gasteiger partial charge in [0, 0.05) is 37.8 Å². The minimum absolute atomic E-state index is 0.180. The van der Waals surface area contributed by atoms with Crippen molar-refractivity contribution in [1.82, 2.24) is 9.21 Å². The van der Waals surface area contributed by atoms with E-state index in [2.05, 4.69) is 0 Å². The van der Waals surface area contributed by atoms with Crippen LogP contribution in [0.15, 0.2) is 29.2 Å². The second-order valence-electron chi connectivity index (χ2n) is 5.57. The van der Waals surface area contributed by atoms with E-state index in [9.17, 15) is 13.2 Å². The molecule has 0 aromatic heterocycles. The van der Waals surface area contributed by atoms with Crippen molar-refractivity contribution in [3.8, 4) is 0 Å². The number of rotatable bonds is 3. The first-order valence-electron chi connectivity index (χ1n) is 7.13. The third-order valence-electron chi connectivity index (χ3n) is 3.99. The molecule has 2 aliphatic rings.